The first-order chi connectivity index (χ1) is 12.4. The zero-order chi connectivity index (χ0) is 18.4. The first-order valence-corrected chi connectivity index (χ1v) is 9.26. The number of hydrogen-bond acceptors (Lipinski definition) is 5. The van der Waals surface area contributed by atoms with Crippen LogP contribution in [0.25, 0.3) is 21.3 Å². The molecule has 0 fully saturated rings. The normalized spacial score (nSPS) is 11.4. The molecule has 3 aromatic heterocycles. The predicted octanol–water partition coefficient (Wildman–Crippen LogP) is 3.64. The Morgan fingerprint density at radius 3 is 2.77 bits per heavy atom. The van der Waals surface area contributed by atoms with Crippen LogP contribution in [0, 0.1) is 13.8 Å². The van der Waals surface area contributed by atoms with E-state index in [1.165, 1.54) is 11.3 Å². The summed E-state index contributed by atoms with van der Waals surface area (Å²) in [6, 6.07) is 7.52. The maximum atomic E-state index is 12.8. The van der Waals surface area contributed by atoms with Crippen LogP contribution in [0.4, 0.5) is 0 Å². The number of aryl methyl sites for hydroxylation is 2. The summed E-state index contributed by atoms with van der Waals surface area (Å²) in [5.41, 5.74) is 1.66. The van der Waals surface area contributed by atoms with Gasteiger partial charge in [0.05, 0.1) is 11.8 Å². The molecule has 4 rings (SSSR count). The number of H-pyrrole nitrogens is 1. The summed E-state index contributed by atoms with van der Waals surface area (Å²) in [4.78, 5) is 22.1. The van der Waals surface area contributed by atoms with Crippen LogP contribution in [-0.4, -0.2) is 24.7 Å². The maximum Gasteiger partial charge on any atom is 0.260 e. The number of fused-ring (bicyclic) bond motifs is 1. The molecular weight excluding hydrogens is 370 g/mol. The van der Waals surface area contributed by atoms with Crippen LogP contribution in [0.2, 0.25) is 5.02 Å². The van der Waals surface area contributed by atoms with Gasteiger partial charge in [-0.25, -0.2) is 4.98 Å². The topological polar surface area (TPSA) is 76.5 Å². The van der Waals surface area contributed by atoms with Gasteiger partial charge < -0.3 is 9.55 Å². The molecule has 0 aliphatic carbocycles. The minimum absolute atomic E-state index is 0.150. The Labute approximate surface area is 158 Å². The highest BCUT2D eigenvalue weighted by atomic mass is 35.5. The second-order valence-corrected chi connectivity index (χ2v) is 7.78. The van der Waals surface area contributed by atoms with Crippen molar-refractivity contribution in [1.82, 2.24) is 24.7 Å². The van der Waals surface area contributed by atoms with Gasteiger partial charge in [-0.15, -0.1) is 21.5 Å². The van der Waals surface area contributed by atoms with Crippen molar-refractivity contribution in [3.8, 4) is 11.1 Å². The third kappa shape index (κ3) is 2.83. The monoisotopic (exact) mass is 385 g/mol. The lowest BCUT2D eigenvalue weighted by atomic mass is 10.0. The molecule has 1 N–H and O–H groups in total. The molecule has 0 saturated heterocycles. The number of hydrogen-bond donors (Lipinski definition) is 1. The van der Waals surface area contributed by atoms with Crippen LogP contribution in [0.3, 0.4) is 0 Å². The van der Waals surface area contributed by atoms with E-state index in [0.717, 1.165) is 32.5 Å². The number of benzene rings is 1. The summed E-state index contributed by atoms with van der Waals surface area (Å²) < 4.78 is 1.89. The van der Waals surface area contributed by atoms with E-state index in [1.807, 2.05) is 49.7 Å². The summed E-state index contributed by atoms with van der Waals surface area (Å²) in [7, 11) is 1.90. The summed E-state index contributed by atoms with van der Waals surface area (Å²) in [6.45, 7) is 3.88. The molecule has 0 bridgehead atoms. The van der Waals surface area contributed by atoms with E-state index < -0.39 is 0 Å². The molecule has 0 radical (unpaired) electrons. The number of nitrogens with zero attached hydrogens (tertiary/aromatic N) is 4. The Kier molecular flexibility index (Phi) is 4.13. The van der Waals surface area contributed by atoms with Gasteiger partial charge in [0.2, 0.25) is 0 Å². The quantitative estimate of drug-likeness (QED) is 0.584. The third-order valence-corrected chi connectivity index (χ3v) is 5.64. The maximum absolute atomic E-state index is 12.8. The van der Waals surface area contributed by atoms with Gasteiger partial charge in [-0.1, -0.05) is 23.7 Å². The van der Waals surface area contributed by atoms with Gasteiger partial charge >= 0.3 is 0 Å². The Balaban J connectivity index is 1.85. The van der Waals surface area contributed by atoms with Gasteiger partial charge in [-0.05, 0) is 31.5 Å². The van der Waals surface area contributed by atoms with Crippen LogP contribution in [0.5, 0.6) is 0 Å². The summed E-state index contributed by atoms with van der Waals surface area (Å²) in [5.74, 6) is 2.16. The zero-order valence-electron chi connectivity index (χ0n) is 14.5. The molecule has 0 atom stereocenters. The summed E-state index contributed by atoms with van der Waals surface area (Å²) in [6.07, 6.45) is 0.423. The first-order valence-electron chi connectivity index (χ1n) is 8.07. The van der Waals surface area contributed by atoms with Crippen molar-refractivity contribution in [1.29, 1.82) is 0 Å². The fraction of sp³-hybridized carbons (Fsp3) is 0.222. The van der Waals surface area contributed by atoms with Crippen LogP contribution >= 0.6 is 22.9 Å². The Bertz CT molecular complexity index is 1190. The second-order valence-electron chi connectivity index (χ2n) is 6.14. The van der Waals surface area contributed by atoms with E-state index in [4.69, 9.17) is 11.6 Å². The Hall–Kier alpha value is -2.51. The summed E-state index contributed by atoms with van der Waals surface area (Å²) in [5, 5.41) is 9.43. The molecule has 132 valence electrons. The molecule has 0 saturated carbocycles. The molecule has 0 unspecified atom stereocenters. The largest absolute Gasteiger partial charge is 0.318 e. The van der Waals surface area contributed by atoms with E-state index in [9.17, 15) is 4.79 Å². The number of nitrogens with one attached hydrogen (secondary N) is 1. The Morgan fingerprint density at radius 2 is 2.08 bits per heavy atom. The standard InChI is InChI=1S/C18H16ClN5OS/c1-9-15(11-5-4-6-12(19)7-11)16-17(25)20-13(21-18(16)26-9)8-14-23-22-10(2)24(14)3/h4-7H,8H2,1-3H3,(H,20,21,25). The van der Waals surface area contributed by atoms with Gasteiger partial charge in [0.1, 0.15) is 22.3 Å². The van der Waals surface area contributed by atoms with Gasteiger partial charge in [0.15, 0.2) is 0 Å². The van der Waals surface area contributed by atoms with Crippen molar-refractivity contribution >= 4 is 33.2 Å². The van der Waals surface area contributed by atoms with Crippen LogP contribution in [0.15, 0.2) is 29.1 Å². The Morgan fingerprint density at radius 1 is 1.27 bits per heavy atom. The summed E-state index contributed by atoms with van der Waals surface area (Å²) >= 11 is 7.63. The predicted molar refractivity (Wildman–Crippen MR) is 104 cm³/mol. The fourth-order valence-corrected chi connectivity index (χ4v) is 4.25. The smallest absolute Gasteiger partial charge is 0.260 e. The van der Waals surface area contributed by atoms with E-state index >= 15 is 0 Å². The molecule has 3 heterocycles. The van der Waals surface area contributed by atoms with Crippen LogP contribution in [0.1, 0.15) is 22.4 Å². The molecule has 4 aromatic rings. The molecular formula is C18H16ClN5OS. The van der Waals surface area contributed by atoms with Gasteiger partial charge in [0.25, 0.3) is 5.56 Å². The van der Waals surface area contributed by atoms with Crippen molar-refractivity contribution in [3.63, 3.8) is 0 Å². The molecule has 6 nitrogen and oxygen atoms in total. The minimum Gasteiger partial charge on any atom is -0.318 e. The minimum atomic E-state index is -0.150. The number of aromatic nitrogens is 5. The fourth-order valence-electron chi connectivity index (χ4n) is 2.99. The number of rotatable bonds is 3. The van der Waals surface area contributed by atoms with Crippen molar-refractivity contribution in [3.05, 3.63) is 62.0 Å². The molecule has 0 aliphatic rings. The van der Waals surface area contributed by atoms with E-state index in [-0.39, 0.29) is 5.56 Å². The van der Waals surface area contributed by atoms with Crippen molar-refractivity contribution < 1.29 is 0 Å². The van der Waals surface area contributed by atoms with E-state index in [1.54, 1.807) is 0 Å². The van der Waals surface area contributed by atoms with Gasteiger partial charge in [-0.3, -0.25) is 4.79 Å². The van der Waals surface area contributed by atoms with Crippen molar-refractivity contribution in [2.45, 2.75) is 20.3 Å². The number of halogens is 1. The molecule has 0 spiro atoms. The lowest BCUT2D eigenvalue weighted by Gasteiger charge is -2.04. The lowest BCUT2D eigenvalue weighted by molar-refractivity contribution is 0.777. The highest BCUT2D eigenvalue weighted by Crippen LogP contribution is 2.36. The SMILES string of the molecule is Cc1sc2nc(Cc3nnc(C)n3C)[nH]c(=O)c2c1-c1cccc(Cl)c1. The molecule has 0 amide bonds. The zero-order valence-corrected chi connectivity index (χ0v) is 16.1. The van der Waals surface area contributed by atoms with Gasteiger partial charge in [0, 0.05) is 22.5 Å². The highest BCUT2D eigenvalue weighted by molar-refractivity contribution is 7.19. The highest BCUT2D eigenvalue weighted by Gasteiger charge is 2.17. The molecule has 1 aromatic carbocycles. The number of aromatic amines is 1. The lowest BCUT2D eigenvalue weighted by Crippen LogP contribution is -2.13. The molecule has 26 heavy (non-hydrogen) atoms. The first kappa shape index (κ1) is 16.9. The van der Waals surface area contributed by atoms with Crippen molar-refractivity contribution in [2.24, 2.45) is 7.05 Å². The third-order valence-electron chi connectivity index (χ3n) is 4.41. The molecule has 8 heteroatoms. The second kappa shape index (κ2) is 6.34. The average Bonchev–Trinajstić information content (AvgIpc) is 3.08. The van der Waals surface area contributed by atoms with E-state index in [2.05, 4.69) is 20.2 Å². The molecule has 0 aliphatic heterocycles. The number of thiophene rings is 1. The average molecular weight is 386 g/mol. The van der Waals surface area contributed by atoms with Crippen molar-refractivity contribution in [2.75, 3.05) is 0 Å². The van der Waals surface area contributed by atoms with E-state index in [0.29, 0.717) is 22.7 Å². The van der Waals surface area contributed by atoms with Gasteiger partial charge in [-0.2, -0.15) is 0 Å². The van der Waals surface area contributed by atoms with Crippen LogP contribution < -0.4 is 5.56 Å². The van der Waals surface area contributed by atoms with Crippen LogP contribution in [-0.2, 0) is 13.5 Å².